The summed E-state index contributed by atoms with van der Waals surface area (Å²) in [6, 6.07) is 17.2. The van der Waals surface area contributed by atoms with Crippen LogP contribution in [-0.4, -0.2) is 32.9 Å². The molecule has 0 spiro atoms. The molecule has 0 radical (unpaired) electrons. The Kier molecular flexibility index (Phi) is 6.75. The van der Waals surface area contributed by atoms with Gasteiger partial charge in [0.05, 0.1) is 4.90 Å². The van der Waals surface area contributed by atoms with E-state index in [1.807, 2.05) is 30.3 Å². The summed E-state index contributed by atoms with van der Waals surface area (Å²) in [5, 5.41) is 6.99. The van der Waals surface area contributed by atoms with E-state index in [4.69, 9.17) is 12.2 Å². The highest BCUT2D eigenvalue weighted by atomic mass is 32.2. The molecule has 0 aliphatic heterocycles. The first-order valence-electron chi connectivity index (χ1n) is 7.80. The molecule has 6 heteroatoms. The van der Waals surface area contributed by atoms with Gasteiger partial charge in [0.2, 0.25) is 0 Å². The molecule has 24 heavy (non-hydrogen) atoms. The lowest BCUT2D eigenvalue weighted by Gasteiger charge is -2.10. The summed E-state index contributed by atoms with van der Waals surface area (Å²) in [5.74, 6) is 0. The maximum absolute atomic E-state index is 11.4. The first kappa shape index (κ1) is 18.4. The molecule has 2 rings (SSSR count). The number of rotatable bonds is 7. The molecular weight excluding hydrogens is 340 g/mol. The Morgan fingerprint density at radius 1 is 0.875 bits per heavy atom. The van der Waals surface area contributed by atoms with Gasteiger partial charge < -0.3 is 10.6 Å². The van der Waals surface area contributed by atoms with Crippen LogP contribution >= 0.6 is 12.2 Å². The summed E-state index contributed by atoms with van der Waals surface area (Å²) in [6.07, 6.45) is 2.92. The van der Waals surface area contributed by atoms with E-state index in [0.717, 1.165) is 24.9 Å². The summed E-state index contributed by atoms with van der Waals surface area (Å²) < 4.78 is 22.8. The molecule has 0 unspecified atom stereocenters. The zero-order chi connectivity index (χ0) is 17.4. The van der Waals surface area contributed by atoms with Gasteiger partial charge in [-0.3, -0.25) is 0 Å². The molecule has 0 aliphatic carbocycles. The van der Waals surface area contributed by atoms with E-state index >= 15 is 0 Å². The van der Waals surface area contributed by atoms with Gasteiger partial charge in [0.15, 0.2) is 14.9 Å². The van der Waals surface area contributed by atoms with Crippen molar-refractivity contribution in [3.05, 3.63) is 65.7 Å². The quantitative estimate of drug-likeness (QED) is 0.741. The second-order valence-electron chi connectivity index (χ2n) is 5.58. The standard InChI is InChI=1S/C18H22N2O2S2/c1-24(21,22)17-9-7-16(8-10-17)12-14-20-18(23)19-13-11-15-5-3-2-4-6-15/h2-10H,11-14H2,1H3,(H2,19,20,23). The molecule has 0 saturated carbocycles. The first-order valence-corrected chi connectivity index (χ1v) is 10.1. The van der Waals surface area contributed by atoms with Crippen LogP contribution in [0.4, 0.5) is 0 Å². The molecule has 0 atom stereocenters. The van der Waals surface area contributed by atoms with Crippen LogP contribution in [0.25, 0.3) is 0 Å². The molecule has 0 aromatic heterocycles. The Bertz CT molecular complexity index is 757. The molecule has 2 N–H and O–H groups in total. The lowest BCUT2D eigenvalue weighted by molar-refractivity contribution is 0.602. The van der Waals surface area contributed by atoms with Crippen molar-refractivity contribution in [3.63, 3.8) is 0 Å². The summed E-state index contributed by atoms with van der Waals surface area (Å²) in [4.78, 5) is 0.345. The van der Waals surface area contributed by atoms with E-state index in [-0.39, 0.29) is 0 Å². The van der Waals surface area contributed by atoms with Gasteiger partial charge in [-0.25, -0.2) is 8.42 Å². The lowest BCUT2D eigenvalue weighted by atomic mass is 10.1. The molecule has 0 bridgehead atoms. The highest BCUT2D eigenvalue weighted by Gasteiger charge is 2.06. The molecule has 0 amide bonds. The Morgan fingerprint density at radius 2 is 1.38 bits per heavy atom. The van der Waals surface area contributed by atoms with Crippen molar-refractivity contribution < 1.29 is 8.42 Å². The maximum Gasteiger partial charge on any atom is 0.175 e. The van der Waals surface area contributed by atoms with Gasteiger partial charge in [0, 0.05) is 19.3 Å². The largest absolute Gasteiger partial charge is 0.362 e. The van der Waals surface area contributed by atoms with Crippen LogP contribution < -0.4 is 10.6 Å². The highest BCUT2D eigenvalue weighted by molar-refractivity contribution is 7.90. The van der Waals surface area contributed by atoms with Gasteiger partial charge in [0.25, 0.3) is 0 Å². The van der Waals surface area contributed by atoms with Crippen molar-refractivity contribution in [1.82, 2.24) is 10.6 Å². The fraction of sp³-hybridized carbons (Fsp3) is 0.278. The summed E-state index contributed by atoms with van der Waals surface area (Å²) in [5.41, 5.74) is 2.35. The Balaban J connectivity index is 1.67. The fourth-order valence-electron chi connectivity index (χ4n) is 2.25. The van der Waals surface area contributed by atoms with E-state index in [9.17, 15) is 8.42 Å². The van der Waals surface area contributed by atoms with Crippen LogP contribution in [0.1, 0.15) is 11.1 Å². The highest BCUT2D eigenvalue weighted by Crippen LogP contribution is 2.10. The van der Waals surface area contributed by atoms with Gasteiger partial charge >= 0.3 is 0 Å². The van der Waals surface area contributed by atoms with Crippen LogP contribution in [0.5, 0.6) is 0 Å². The minimum absolute atomic E-state index is 0.345. The molecule has 2 aromatic carbocycles. The minimum Gasteiger partial charge on any atom is -0.362 e. The maximum atomic E-state index is 11.4. The molecular formula is C18H22N2O2S2. The molecule has 4 nitrogen and oxygen atoms in total. The smallest absolute Gasteiger partial charge is 0.175 e. The van der Waals surface area contributed by atoms with E-state index in [2.05, 4.69) is 22.8 Å². The third-order valence-electron chi connectivity index (χ3n) is 3.59. The monoisotopic (exact) mass is 362 g/mol. The summed E-state index contributed by atoms with van der Waals surface area (Å²) >= 11 is 5.25. The molecule has 0 aliphatic rings. The fourth-order valence-corrected chi connectivity index (χ4v) is 3.09. The number of nitrogens with one attached hydrogen (secondary N) is 2. The number of benzene rings is 2. The predicted molar refractivity (Wildman–Crippen MR) is 102 cm³/mol. The van der Waals surface area contributed by atoms with Crippen LogP contribution in [0.15, 0.2) is 59.5 Å². The van der Waals surface area contributed by atoms with Crippen molar-refractivity contribution in [2.75, 3.05) is 19.3 Å². The topological polar surface area (TPSA) is 58.2 Å². The van der Waals surface area contributed by atoms with Gasteiger partial charge in [-0.15, -0.1) is 0 Å². The summed E-state index contributed by atoms with van der Waals surface area (Å²) in [7, 11) is -3.13. The summed E-state index contributed by atoms with van der Waals surface area (Å²) in [6.45, 7) is 1.49. The van der Waals surface area contributed by atoms with Gasteiger partial charge in [-0.2, -0.15) is 0 Å². The normalized spacial score (nSPS) is 11.0. The molecule has 0 heterocycles. The first-order chi connectivity index (χ1) is 11.4. The Morgan fingerprint density at radius 3 is 1.88 bits per heavy atom. The van der Waals surface area contributed by atoms with Gasteiger partial charge in [0.1, 0.15) is 0 Å². The second kappa shape index (κ2) is 8.80. The number of thiocarbonyl (C=S) groups is 1. The molecule has 128 valence electrons. The van der Waals surface area contributed by atoms with Gasteiger partial charge in [-0.1, -0.05) is 42.5 Å². The lowest BCUT2D eigenvalue weighted by Crippen LogP contribution is -2.37. The number of hydrogen-bond acceptors (Lipinski definition) is 3. The third kappa shape index (κ3) is 6.29. The average molecular weight is 363 g/mol. The molecule has 0 fully saturated rings. The van der Waals surface area contributed by atoms with E-state index < -0.39 is 9.84 Å². The zero-order valence-corrected chi connectivity index (χ0v) is 15.3. The van der Waals surface area contributed by atoms with Gasteiger partial charge in [-0.05, 0) is 48.3 Å². The number of sulfone groups is 1. The van der Waals surface area contributed by atoms with Crippen molar-refractivity contribution in [2.45, 2.75) is 17.7 Å². The van der Waals surface area contributed by atoms with Crippen molar-refractivity contribution >= 4 is 27.2 Å². The van der Waals surface area contributed by atoms with Crippen LogP contribution in [0, 0.1) is 0 Å². The van der Waals surface area contributed by atoms with Crippen LogP contribution in [0.3, 0.4) is 0 Å². The van der Waals surface area contributed by atoms with Crippen LogP contribution in [-0.2, 0) is 22.7 Å². The molecule has 2 aromatic rings. The van der Waals surface area contributed by atoms with E-state index in [1.165, 1.54) is 11.8 Å². The predicted octanol–water partition coefficient (Wildman–Crippen LogP) is 2.34. The molecule has 0 saturated heterocycles. The van der Waals surface area contributed by atoms with Crippen LogP contribution in [0.2, 0.25) is 0 Å². The minimum atomic E-state index is -3.13. The zero-order valence-electron chi connectivity index (χ0n) is 13.7. The van der Waals surface area contributed by atoms with E-state index in [0.29, 0.717) is 16.6 Å². The Hall–Kier alpha value is -1.92. The van der Waals surface area contributed by atoms with E-state index in [1.54, 1.807) is 12.1 Å². The van der Waals surface area contributed by atoms with Crippen molar-refractivity contribution in [2.24, 2.45) is 0 Å². The third-order valence-corrected chi connectivity index (χ3v) is 5.01. The van der Waals surface area contributed by atoms with Crippen molar-refractivity contribution in [3.8, 4) is 0 Å². The Labute approximate surface area is 149 Å². The SMILES string of the molecule is CS(=O)(=O)c1ccc(CCNC(=S)NCCc2ccccc2)cc1. The second-order valence-corrected chi connectivity index (χ2v) is 8.01. The van der Waals surface area contributed by atoms with Crippen molar-refractivity contribution in [1.29, 1.82) is 0 Å². The average Bonchev–Trinajstić information content (AvgIpc) is 2.55. The number of hydrogen-bond donors (Lipinski definition) is 2.